The predicted octanol–water partition coefficient (Wildman–Crippen LogP) is 1.69. The third kappa shape index (κ3) is 5.14. The van der Waals surface area contributed by atoms with Gasteiger partial charge in [0, 0.05) is 26.3 Å². The number of benzene rings is 1. The van der Waals surface area contributed by atoms with Crippen molar-refractivity contribution in [3.8, 4) is 5.75 Å². The molecule has 0 amide bonds. The number of hydrogen-bond acceptors (Lipinski definition) is 3. The molecule has 0 bridgehead atoms. The second-order valence-corrected chi connectivity index (χ2v) is 4.94. The number of rotatable bonds is 6. The number of nitrogens with zero attached hydrogens (tertiary/aromatic N) is 1. The average molecular weight is 313 g/mol. The summed E-state index contributed by atoms with van der Waals surface area (Å²) in [6, 6.07) is 3.46. The molecule has 1 saturated heterocycles. The minimum Gasteiger partial charge on any atom is -0.492 e. The molecule has 1 aromatic carbocycles. The maximum Gasteiger partial charge on any atom is 0.191 e. The van der Waals surface area contributed by atoms with E-state index in [0.29, 0.717) is 31.4 Å². The van der Waals surface area contributed by atoms with E-state index in [1.807, 2.05) is 0 Å². The van der Waals surface area contributed by atoms with Crippen LogP contribution in [0.2, 0.25) is 0 Å². The van der Waals surface area contributed by atoms with Crippen molar-refractivity contribution in [3.05, 3.63) is 29.8 Å². The van der Waals surface area contributed by atoms with E-state index in [0.717, 1.165) is 31.6 Å². The fraction of sp³-hybridized carbons (Fsp3) is 0.533. The van der Waals surface area contributed by atoms with Gasteiger partial charge < -0.3 is 20.1 Å². The van der Waals surface area contributed by atoms with Crippen molar-refractivity contribution < 1.29 is 18.3 Å². The van der Waals surface area contributed by atoms with Crippen LogP contribution in [0.1, 0.15) is 12.8 Å². The van der Waals surface area contributed by atoms with Crippen molar-refractivity contribution in [1.82, 2.24) is 10.6 Å². The molecule has 0 saturated carbocycles. The van der Waals surface area contributed by atoms with Crippen molar-refractivity contribution in [1.29, 1.82) is 0 Å². The van der Waals surface area contributed by atoms with Crippen LogP contribution >= 0.6 is 0 Å². The maximum atomic E-state index is 13.0. The first-order valence-corrected chi connectivity index (χ1v) is 7.33. The highest BCUT2D eigenvalue weighted by atomic mass is 19.2. The molecular formula is C15H21F2N3O2. The Balaban J connectivity index is 1.64. The van der Waals surface area contributed by atoms with Crippen LogP contribution in [0, 0.1) is 11.6 Å². The van der Waals surface area contributed by atoms with Gasteiger partial charge in [-0.05, 0) is 25.0 Å². The molecule has 122 valence electrons. The van der Waals surface area contributed by atoms with Crippen molar-refractivity contribution in [3.63, 3.8) is 0 Å². The number of hydrogen-bond donors (Lipinski definition) is 2. The molecular weight excluding hydrogens is 292 g/mol. The van der Waals surface area contributed by atoms with Gasteiger partial charge in [-0.25, -0.2) is 8.78 Å². The van der Waals surface area contributed by atoms with E-state index in [2.05, 4.69) is 15.6 Å². The Labute approximate surface area is 128 Å². The lowest BCUT2D eigenvalue weighted by Gasteiger charge is -2.15. The van der Waals surface area contributed by atoms with Crippen LogP contribution < -0.4 is 15.4 Å². The van der Waals surface area contributed by atoms with Gasteiger partial charge in [0.15, 0.2) is 17.6 Å². The monoisotopic (exact) mass is 313 g/mol. The largest absolute Gasteiger partial charge is 0.492 e. The molecule has 1 aliphatic heterocycles. The smallest absolute Gasteiger partial charge is 0.191 e. The zero-order valence-electron chi connectivity index (χ0n) is 12.6. The van der Waals surface area contributed by atoms with E-state index in [-0.39, 0.29) is 6.10 Å². The topological polar surface area (TPSA) is 54.9 Å². The highest BCUT2D eigenvalue weighted by molar-refractivity contribution is 5.79. The van der Waals surface area contributed by atoms with Crippen LogP contribution in [0.25, 0.3) is 0 Å². The molecule has 7 heteroatoms. The number of ether oxygens (including phenoxy) is 2. The second-order valence-electron chi connectivity index (χ2n) is 4.94. The number of halogens is 2. The summed E-state index contributed by atoms with van der Waals surface area (Å²) in [7, 11) is 1.68. The van der Waals surface area contributed by atoms with Crippen molar-refractivity contribution in [2.75, 3.05) is 33.4 Å². The third-order valence-electron chi connectivity index (χ3n) is 3.30. The van der Waals surface area contributed by atoms with Gasteiger partial charge in [0.25, 0.3) is 0 Å². The van der Waals surface area contributed by atoms with Crippen LogP contribution in [0.15, 0.2) is 23.2 Å². The summed E-state index contributed by atoms with van der Waals surface area (Å²) in [5.74, 6) is -0.851. The molecule has 1 aliphatic rings. The van der Waals surface area contributed by atoms with E-state index in [9.17, 15) is 8.78 Å². The molecule has 2 N–H and O–H groups in total. The highest BCUT2D eigenvalue weighted by Gasteiger charge is 2.15. The van der Waals surface area contributed by atoms with Gasteiger partial charge in [0.1, 0.15) is 12.4 Å². The SMILES string of the molecule is CN=C(NCCOc1ccc(F)c(F)c1)NCC1CCCO1. The Bertz CT molecular complexity index is 506. The van der Waals surface area contributed by atoms with Crippen LogP contribution in [0.3, 0.4) is 0 Å². The Morgan fingerprint density at radius 3 is 2.91 bits per heavy atom. The maximum absolute atomic E-state index is 13.0. The molecule has 1 fully saturated rings. The Hall–Kier alpha value is -1.89. The van der Waals surface area contributed by atoms with Crippen LogP contribution in [-0.2, 0) is 4.74 Å². The quantitative estimate of drug-likeness (QED) is 0.477. The van der Waals surface area contributed by atoms with Gasteiger partial charge in [-0.3, -0.25) is 4.99 Å². The average Bonchev–Trinajstić information content (AvgIpc) is 3.03. The molecule has 1 unspecified atom stereocenters. The fourth-order valence-corrected chi connectivity index (χ4v) is 2.14. The molecule has 5 nitrogen and oxygen atoms in total. The lowest BCUT2D eigenvalue weighted by molar-refractivity contribution is 0.114. The minimum absolute atomic E-state index is 0.233. The molecule has 22 heavy (non-hydrogen) atoms. The van der Waals surface area contributed by atoms with Gasteiger partial charge in [-0.15, -0.1) is 0 Å². The van der Waals surface area contributed by atoms with E-state index in [1.165, 1.54) is 6.07 Å². The summed E-state index contributed by atoms with van der Waals surface area (Å²) < 4.78 is 36.6. The zero-order valence-corrected chi connectivity index (χ0v) is 12.6. The first-order chi connectivity index (χ1) is 10.7. The van der Waals surface area contributed by atoms with Crippen molar-refractivity contribution >= 4 is 5.96 Å². The lowest BCUT2D eigenvalue weighted by Crippen LogP contribution is -2.42. The molecule has 0 spiro atoms. The van der Waals surface area contributed by atoms with Crippen LogP contribution in [-0.4, -0.2) is 45.4 Å². The second kappa shape index (κ2) is 8.53. The highest BCUT2D eigenvalue weighted by Crippen LogP contribution is 2.15. The number of aliphatic imine (C=N–C) groups is 1. The Morgan fingerprint density at radius 2 is 2.23 bits per heavy atom. The van der Waals surface area contributed by atoms with E-state index in [1.54, 1.807) is 7.05 Å². The van der Waals surface area contributed by atoms with Crippen LogP contribution in [0.5, 0.6) is 5.75 Å². The number of nitrogens with one attached hydrogen (secondary N) is 2. The molecule has 2 rings (SSSR count). The summed E-state index contributed by atoms with van der Waals surface area (Å²) in [5.41, 5.74) is 0. The third-order valence-corrected chi connectivity index (χ3v) is 3.30. The van der Waals surface area contributed by atoms with E-state index < -0.39 is 11.6 Å². The molecule has 1 atom stereocenters. The van der Waals surface area contributed by atoms with Gasteiger partial charge in [-0.2, -0.15) is 0 Å². The first-order valence-electron chi connectivity index (χ1n) is 7.33. The fourth-order valence-electron chi connectivity index (χ4n) is 2.14. The normalized spacial score (nSPS) is 18.3. The molecule has 0 aliphatic carbocycles. The summed E-state index contributed by atoms with van der Waals surface area (Å²) in [6.07, 6.45) is 2.39. The predicted molar refractivity (Wildman–Crippen MR) is 80.2 cm³/mol. The minimum atomic E-state index is -0.917. The standard InChI is InChI=1S/C15H21F2N3O2/c1-18-15(20-10-12-3-2-7-21-12)19-6-8-22-11-4-5-13(16)14(17)9-11/h4-5,9,12H,2-3,6-8,10H2,1H3,(H2,18,19,20). The summed E-state index contributed by atoms with van der Waals surface area (Å²) >= 11 is 0. The molecule has 1 aromatic rings. The van der Waals surface area contributed by atoms with E-state index in [4.69, 9.17) is 9.47 Å². The van der Waals surface area contributed by atoms with Gasteiger partial charge in [0.05, 0.1) is 12.6 Å². The first kappa shape index (κ1) is 16.5. The van der Waals surface area contributed by atoms with E-state index >= 15 is 0 Å². The van der Waals surface area contributed by atoms with Gasteiger partial charge in [-0.1, -0.05) is 0 Å². The summed E-state index contributed by atoms with van der Waals surface area (Å²) in [5, 5.41) is 6.26. The lowest BCUT2D eigenvalue weighted by atomic mass is 10.2. The van der Waals surface area contributed by atoms with Crippen molar-refractivity contribution in [2.24, 2.45) is 4.99 Å². The van der Waals surface area contributed by atoms with Gasteiger partial charge in [0.2, 0.25) is 0 Å². The van der Waals surface area contributed by atoms with Crippen molar-refractivity contribution in [2.45, 2.75) is 18.9 Å². The zero-order chi connectivity index (χ0) is 15.8. The summed E-state index contributed by atoms with van der Waals surface area (Å²) in [6.45, 7) is 2.33. The number of guanidine groups is 1. The Morgan fingerprint density at radius 1 is 1.36 bits per heavy atom. The van der Waals surface area contributed by atoms with Gasteiger partial charge >= 0.3 is 0 Å². The molecule has 0 radical (unpaired) electrons. The summed E-state index contributed by atoms with van der Waals surface area (Å²) in [4.78, 5) is 4.09. The molecule has 0 aromatic heterocycles. The molecule has 1 heterocycles. The Kier molecular flexibility index (Phi) is 6.39. The van der Waals surface area contributed by atoms with Crippen LogP contribution in [0.4, 0.5) is 8.78 Å².